The molecular weight excluding hydrogens is 484 g/mol. The molecule has 0 spiro atoms. The molecule has 192 valence electrons. The van der Waals surface area contributed by atoms with Crippen LogP contribution in [-0.2, 0) is 30.0 Å². The van der Waals surface area contributed by atoms with Gasteiger partial charge in [-0.3, -0.25) is 4.79 Å². The van der Waals surface area contributed by atoms with Crippen molar-refractivity contribution in [1.29, 1.82) is 0 Å². The van der Waals surface area contributed by atoms with Crippen LogP contribution >= 0.6 is 0 Å². The maximum Gasteiger partial charge on any atom is 0.347 e. The van der Waals surface area contributed by atoms with Crippen molar-refractivity contribution in [3.63, 3.8) is 0 Å². The Balaban J connectivity index is 0.00000280. The third-order valence-corrected chi connectivity index (χ3v) is 9.82. The summed E-state index contributed by atoms with van der Waals surface area (Å²) in [6.45, 7) is 3.80. The molecular formula is C31H33O5S+. The zero-order chi connectivity index (χ0) is 24.9. The topological polar surface area (TPSA) is 61.8 Å². The van der Waals surface area contributed by atoms with E-state index in [4.69, 9.17) is 14.2 Å². The minimum Gasteiger partial charge on any atom is -0.481 e. The maximum atomic E-state index is 12.8. The third-order valence-electron chi connectivity index (χ3n) is 7.62. The fraction of sp³-hybridized carbons (Fsp3) is 0.355. The Hall–Kier alpha value is -3.25. The smallest absolute Gasteiger partial charge is 0.347 e. The van der Waals surface area contributed by atoms with Crippen molar-refractivity contribution in [1.82, 2.24) is 0 Å². The summed E-state index contributed by atoms with van der Waals surface area (Å²) in [5.41, 5.74) is 1.93. The van der Waals surface area contributed by atoms with E-state index in [0.717, 1.165) is 24.0 Å². The lowest BCUT2D eigenvalue weighted by atomic mass is 9.87. The number of hydrogen-bond acceptors (Lipinski definition) is 5. The van der Waals surface area contributed by atoms with E-state index in [9.17, 15) is 9.59 Å². The summed E-state index contributed by atoms with van der Waals surface area (Å²) in [7, 11) is -0.262. The van der Waals surface area contributed by atoms with E-state index in [2.05, 4.69) is 60.7 Å². The van der Waals surface area contributed by atoms with Crippen LogP contribution in [0.15, 0.2) is 87.5 Å². The summed E-state index contributed by atoms with van der Waals surface area (Å²) < 4.78 is 17.3. The molecule has 0 radical (unpaired) electrons. The molecule has 2 aliphatic carbocycles. The van der Waals surface area contributed by atoms with E-state index in [1.807, 2.05) is 26.0 Å². The van der Waals surface area contributed by atoms with E-state index in [0.29, 0.717) is 18.1 Å². The molecule has 0 amide bonds. The molecule has 4 unspecified atom stereocenters. The number of esters is 2. The first kappa shape index (κ1) is 25.4. The number of rotatable bonds is 7. The summed E-state index contributed by atoms with van der Waals surface area (Å²) in [5, 5.41) is 0. The molecule has 1 heterocycles. The van der Waals surface area contributed by atoms with Crippen molar-refractivity contribution in [2.24, 2.45) is 17.8 Å². The van der Waals surface area contributed by atoms with Crippen LogP contribution in [0.4, 0.5) is 0 Å². The van der Waals surface area contributed by atoms with Gasteiger partial charge in [0, 0.05) is 18.6 Å². The van der Waals surface area contributed by atoms with Gasteiger partial charge in [-0.05, 0) is 68.0 Å². The fourth-order valence-corrected chi connectivity index (χ4v) is 8.51. The lowest BCUT2D eigenvalue weighted by molar-refractivity contribution is -0.223. The molecule has 6 rings (SSSR count). The van der Waals surface area contributed by atoms with Gasteiger partial charge in [-0.1, -0.05) is 43.8 Å². The largest absolute Gasteiger partial charge is 0.481 e. The second-order valence-corrected chi connectivity index (χ2v) is 12.1. The normalized spacial score (nSPS) is 25.1. The molecule has 5 nitrogen and oxygen atoms in total. The number of carbonyl (C=O) groups excluding carboxylic acids is 2. The highest BCUT2D eigenvalue weighted by Crippen LogP contribution is 2.60. The van der Waals surface area contributed by atoms with Gasteiger partial charge in [0.1, 0.15) is 5.75 Å². The molecule has 2 saturated carbocycles. The molecule has 3 fully saturated rings. The zero-order valence-corrected chi connectivity index (χ0v) is 21.3. The van der Waals surface area contributed by atoms with Crippen molar-refractivity contribution in [3.8, 4) is 5.75 Å². The summed E-state index contributed by atoms with van der Waals surface area (Å²) >= 11 is 0. The molecule has 4 atom stereocenters. The van der Waals surface area contributed by atoms with Crippen molar-refractivity contribution in [3.05, 3.63) is 83.9 Å². The molecule has 2 bridgehead atoms. The van der Waals surface area contributed by atoms with Gasteiger partial charge < -0.3 is 14.2 Å². The molecule has 3 aliphatic rings. The Morgan fingerprint density at radius 1 is 0.946 bits per heavy atom. The van der Waals surface area contributed by atoms with Crippen LogP contribution in [0.1, 0.15) is 37.8 Å². The monoisotopic (exact) mass is 517 g/mol. The second-order valence-electron chi connectivity index (χ2n) is 10.1. The van der Waals surface area contributed by atoms with Gasteiger partial charge in [-0.2, -0.15) is 0 Å². The average Bonchev–Trinajstić information content (AvgIpc) is 3.47. The van der Waals surface area contributed by atoms with Crippen LogP contribution in [0.5, 0.6) is 5.75 Å². The Morgan fingerprint density at radius 3 is 2.11 bits per heavy atom. The maximum absolute atomic E-state index is 12.8. The van der Waals surface area contributed by atoms with Crippen LogP contribution in [0.3, 0.4) is 0 Å². The van der Waals surface area contributed by atoms with Crippen LogP contribution in [0.2, 0.25) is 0 Å². The van der Waals surface area contributed by atoms with Crippen LogP contribution in [0.25, 0.3) is 0 Å². The third kappa shape index (κ3) is 4.52. The van der Waals surface area contributed by atoms with E-state index in [1.54, 1.807) is 0 Å². The quantitative estimate of drug-likeness (QED) is 0.274. The number of fused-ring (bicyclic) bond motifs is 1. The summed E-state index contributed by atoms with van der Waals surface area (Å²) in [4.78, 5) is 28.7. The highest BCUT2D eigenvalue weighted by molar-refractivity contribution is 7.97. The summed E-state index contributed by atoms with van der Waals surface area (Å²) in [6, 6.07) is 25.3. The van der Waals surface area contributed by atoms with Gasteiger partial charge in [-0.15, -0.1) is 0 Å². The van der Waals surface area contributed by atoms with Gasteiger partial charge in [0.15, 0.2) is 21.3 Å². The minimum atomic E-state index is -1.07. The summed E-state index contributed by atoms with van der Waals surface area (Å²) in [6.07, 6.45) is 2.37. The molecule has 37 heavy (non-hydrogen) atoms. The van der Waals surface area contributed by atoms with Crippen molar-refractivity contribution in [2.75, 3.05) is 6.61 Å². The predicted molar refractivity (Wildman–Crippen MR) is 142 cm³/mol. The van der Waals surface area contributed by atoms with Crippen molar-refractivity contribution in [2.45, 2.75) is 61.0 Å². The first-order valence-electron chi connectivity index (χ1n) is 12.5. The van der Waals surface area contributed by atoms with Crippen molar-refractivity contribution >= 4 is 22.8 Å². The minimum absolute atomic E-state index is 0. The van der Waals surface area contributed by atoms with Gasteiger partial charge in [-0.25, -0.2) is 4.79 Å². The highest BCUT2D eigenvalue weighted by atomic mass is 32.2. The number of carbonyl (C=O) groups is 2. The Kier molecular flexibility index (Phi) is 6.80. The summed E-state index contributed by atoms with van der Waals surface area (Å²) in [5.74, 6) is -0.811. The lowest BCUT2D eigenvalue weighted by Crippen LogP contribution is -2.40. The first-order valence-corrected chi connectivity index (χ1v) is 13.7. The zero-order valence-electron chi connectivity index (χ0n) is 20.4. The van der Waals surface area contributed by atoms with Gasteiger partial charge in [0.25, 0.3) is 5.79 Å². The molecule has 6 heteroatoms. The first-order chi connectivity index (χ1) is 17.4. The van der Waals surface area contributed by atoms with Crippen LogP contribution in [-0.4, -0.2) is 24.3 Å². The van der Waals surface area contributed by atoms with Crippen LogP contribution in [0, 0.1) is 31.6 Å². The second kappa shape index (κ2) is 9.90. The molecule has 1 saturated heterocycles. The van der Waals surface area contributed by atoms with E-state index in [1.165, 1.54) is 14.7 Å². The van der Waals surface area contributed by atoms with E-state index >= 15 is 0 Å². The van der Waals surface area contributed by atoms with E-state index in [-0.39, 0.29) is 42.7 Å². The molecule has 0 N–H and O–H groups in total. The number of aryl methyl sites for hydroxylation is 2. The van der Waals surface area contributed by atoms with Gasteiger partial charge >= 0.3 is 11.9 Å². The SMILES string of the molecule is C.Cc1cc([S+](c2ccccc2)c2ccccc2)cc(C)c1OCC(=O)OC12CC3CC(C(=O)O1)C2C3. The lowest BCUT2D eigenvalue weighted by Gasteiger charge is -2.29. The molecule has 3 aromatic rings. The van der Waals surface area contributed by atoms with Gasteiger partial charge in [0.05, 0.1) is 22.7 Å². The highest BCUT2D eigenvalue weighted by Gasteiger charge is 2.68. The average molecular weight is 518 g/mol. The molecule has 0 aromatic heterocycles. The standard InChI is InChI=1S/C30H29O5S.CH4/c1-19-13-24(36(22-9-5-3-6-10-22)23-11-7-4-8-12-23)14-20(2)28(19)33-18-27(31)34-30-17-21-15-25(26(30)16-21)29(32)35-30;/h3-14,21,25-26H,15-18H2,1-2H3;1H4/q+1;. The van der Waals surface area contributed by atoms with Gasteiger partial charge in [0.2, 0.25) is 0 Å². The number of benzene rings is 3. The Bertz CT molecular complexity index is 1250. The number of ether oxygens (including phenoxy) is 3. The van der Waals surface area contributed by atoms with E-state index < -0.39 is 11.8 Å². The predicted octanol–water partition coefficient (Wildman–Crippen LogP) is 6.26. The Morgan fingerprint density at radius 2 is 1.54 bits per heavy atom. The van der Waals surface area contributed by atoms with Crippen molar-refractivity contribution < 1.29 is 23.8 Å². The molecule has 1 aliphatic heterocycles. The number of hydrogen-bond donors (Lipinski definition) is 0. The molecule has 3 aromatic carbocycles. The van der Waals surface area contributed by atoms with Crippen LogP contribution < -0.4 is 4.74 Å². The Labute approximate surface area is 221 Å². The fourth-order valence-electron chi connectivity index (χ4n) is 6.24.